The Hall–Kier alpha value is -3.40. The first-order valence-electron chi connectivity index (χ1n) is 11.6. The van der Waals surface area contributed by atoms with Crippen molar-refractivity contribution in [3.63, 3.8) is 0 Å². The molecule has 1 saturated heterocycles. The number of likely N-dealkylation sites (tertiary alicyclic amines) is 1. The number of furan rings is 1. The van der Waals surface area contributed by atoms with Crippen LogP contribution in [0, 0.1) is 0 Å². The van der Waals surface area contributed by atoms with Crippen molar-refractivity contribution < 1.29 is 18.5 Å². The molecule has 4 heterocycles. The number of hydrogen-bond donors (Lipinski definition) is 1. The number of benzene rings is 1. The third kappa shape index (κ3) is 6.12. The number of hydrogen-bond acceptors (Lipinski definition) is 7. The smallest absolute Gasteiger partial charge is 0.244 e. The average molecular weight is 557 g/mol. The third-order valence-corrected chi connectivity index (χ3v) is 7.80. The van der Waals surface area contributed by atoms with Gasteiger partial charge in [-0.2, -0.15) is 0 Å². The highest BCUT2D eigenvalue weighted by molar-refractivity contribution is 7.10. The van der Waals surface area contributed by atoms with Gasteiger partial charge in [-0.15, -0.1) is 11.3 Å². The van der Waals surface area contributed by atoms with Crippen molar-refractivity contribution in [2.24, 2.45) is 0 Å². The minimum absolute atomic E-state index is 0.0416. The maximum absolute atomic E-state index is 12.5. The Morgan fingerprint density at radius 1 is 1.14 bits per heavy atom. The predicted octanol–water partition coefficient (Wildman–Crippen LogP) is 5.90. The van der Waals surface area contributed by atoms with Gasteiger partial charge >= 0.3 is 0 Å². The first kappa shape index (κ1) is 25.3. The number of carbonyl (C=O) groups is 2. The number of carbonyl (C=O) groups excluding carboxylic acids is 2. The molecule has 1 fully saturated rings. The van der Waals surface area contributed by atoms with Crippen molar-refractivity contribution in [2.75, 3.05) is 19.6 Å². The van der Waals surface area contributed by atoms with Gasteiger partial charge in [-0.1, -0.05) is 34.4 Å². The maximum atomic E-state index is 12.5. The van der Waals surface area contributed by atoms with Gasteiger partial charge < -0.3 is 19.2 Å². The van der Waals surface area contributed by atoms with Crippen LogP contribution in [0.3, 0.4) is 0 Å². The lowest BCUT2D eigenvalue weighted by molar-refractivity contribution is -0.133. The lowest BCUT2D eigenvalue weighted by Gasteiger charge is -2.31. The van der Waals surface area contributed by atoms with Crippen LogP contribution in [0.1, 0.15) is 29.5 Å². The number of aromatic nitrogens is 2. The molecule has 1 aliphatic rings. The van der Waals surface area contributed by atoms with Gasteiger partial charge in [0.2, 0.25) is 11.8 Å². The van der Waals surface area contributed by atoms with E-state index in [2.05, 4.69) is 10.5 Å². The van der Waals surface area contributed by atoms with Gasteiger partial charge in [-0.05, 0) is 43.2 Å². The molecular weight excluding hydrogens is 535 g/mol. The zero-order valence-corrected chi connectivity index (χ0v) is 21.9. The summed E-state index contributed by atoms with van der Waals surface area (Å²) in [4.78, 5) is 31.1. The molecule has 5 rings (SSSR count). The number of amides is 2. The summed E-state index contributed by atoms with van der Waals surface area (Å²) in [5, 5.41) is 10.7. The number of thiazole rings is 1. The Labute approximate surface area is 226 Å². The van der Waals surface area contributed by atoms with E-state index in [0.29, 0.717) is 40.3 Å². The van der Waals surface area contributed by atoms with Gasteiger partial charge in [0.15, 0.2) is 5.76 Å². The molecule has 0 bridgehead atoms. The Bertz CT molecular complexity index is 1420. The number of halogens is 2. The second-order valence-corrected chi connectivity index (χ2v) is 10.2. The van der Waals surface area contributed by atoms with Crippen LogP contribution in [0.15, 0.2) is 63.1 Å². The molecule has 0 unspecified atom stereocenters. The SMILES string of the molecule is O=C(/C=C\c1ccco1)NCC(=O)N1CCC(c2nc(-c3cc(-c4ccc(Cl)c(Cl)c4)no3)cs2)CC1. The fourth-order valence-corrected chi connectivity index (χ4v) is 5.31. The third-order valence-electron chi connectivity index (χ3n) is 6.05. The maximum Gasteiger partial charge on any atom is 0.244 e. The van der Waals surface area contributed by atoms with Crippen molar-refractivity contribution >= 4 is 52.4 Å². The van der Waals surface area contributed by atoms with E-state index in [9.17, 15) is 9.59 Å². The molecule has 1 aromatic carbocycles. The number of rotatable bonds is 7. The second kappa shape index (κ2) is 11.3. The van der Waals surface area contributed by atoms with E-state index >= 15 is 0 Å². The van der Waals surface area contributed by atoms with Gasteiger partial charge in [0.25, 0.3) is 0 Å². The van der Waals surface area contributed by atoms with Crippen LogP contribution in [0.4, 0.5) is 0 Å². The second-order valence-electron chi connectivity index (χ2n) is 8.50. The molecular formula is C26H22Cl2N4O4S. The molecule has 1 aliphatic heterocycles. The summed E-state index contributed by atoms with van der Waals surface area (Å²) >= 11 is 13.7. The number of nitrogens with zero attached hydrogens (tertiary/aromatic N) is 3. The zero-order chi connectivity index (χ0) is 25.8. The summed E-state index contributed by atoms with van der Waals surface area (Å²) in [5.41, 5.74) is 2.18. The molecule has 0 aliphatic carbocycles. The Balaban J connectivity index is 1.12. The Kier molecular flexibility index (Phi) is 7.73. The van der Waals surface area contributed by atoms with Crippen LogP contribution in [0.2, 0.25) is 10.0 Å². The van der Waals surface area contributed by atoms with Crippen LogP contribution in [0.25, 0.3) is 28.8 Å². The highest BCUT2D eigenvalue weighted by atomic mass is 35.5. The minimum atomic E-state index is -0.343. The summed E-state index contributed by atoms with van der Waals surface area (Å²) in [6.07, 6.45) is 6.04. The van der Waals surface area contributed by atoms with Crippen LogP contribution in [0.5, 0.6) is 0 Å². The van der Waals surface area contributed by atoms with Crippen molar-refractivity contribution in [1.82, 2.24) is 20.4 Å². The van der Waals surface area contributed by atoms with E-state index in [1.54, 1.807) is 46.6 Å². The normalized spacial score (nSPS) is 14.4. The van der Waals surface area contributed by atoms with Gasteiger partial charge in [-0.3, -0.25) is 9.59 Å². The summed E-state index contributed by atoms with van der Waals surface area (Å²) in [5.74, 6) is 0.961. The molecule has 37 heavy (non-hydrogen) atoms. The standard InChI is InChI=1S/C26H22Cl2N4O4S/c27-19-5-3-17(12-20(19)28)21-13-23(36-31-21)22-15-37-26(30-22)16-7-9-32(10-8-16)25(34)14-29-24(33)6-4-18-2-1-11-35-18/h1-6,11-13,15-16H,7-10,14H2,(H,29,33)/b6-4-. The summed E-state index contributed by atoms with van der Waals surface area (Å²) < 4.78 is 10.7. The molecule has 2 amide bonds. The molecule has 11 heteroatoms. The van der Waals surface area contributed by atoms with E-state index in [0.717, 1.165) is 29.1 Å². The van der Waals surface area contributed by atoms with Crippen molar-refractivity contribution in [1.29, 1.82) is 0 Å². The van der Waals surface area contributed by atoms with Gasteiger partial charge in [-0.25, -0.2) is 4.98 Å². The molecule has 0 atom stereocenters. The first-order chi connectivity index (χ1) is 18.0. The number of piperidine rings is 1. The van der Waals surface area contributed by atoms with E-state index in [4.69, 9.17) is 37.1 Å². The van der Waals surface area contributed by atoms with Crippen LogP contribution in [-0.4, -0.2) is 46.5 Å². The molecule has 8 nitrogen and oxygen atoms in total. The fourth-order valence-electron chi connectivity index (χ4n) is 4.03. The average Bonchev–Trinajstić information content (AvgIpc) is 3.69. The zero-order valence-electron chi connectivity index (χ0n) is 19.5. The lowest BCUT2D eigenvalue weighted by Crippen LogP contribution is -2.43. The molecule has 3 aromatic heterocycles. The van der Waals surface area contributed by atoms with Crippen molar-refractivity contribution in [3.8, 4) is 22.7 Å². The molecule has 190 valence electrons. The predicted molar refractivity (Wildman–Crippen MR) is 142 cm³/mol. The largest absolute Gasteiger partial charge is 0.465 e. The Morgan fingerprint density at radius 2 is 1.97 bits per heavy atom. The topological polar surface area (TPSA) is 101 Å². The van der Waals surface area contributed by atoms with E-state index in [1.165, 1.54) is 12.3 Å². The molecule has 4 aromatic rings. The van der Waals surface area contributed by atoms with E-state index < -0.39 is 0 Å². The van der Waals surface area contributed by atoms with Gasteiger partial charge in [0, 0.05) is 42.1 Å². The van der Waals surface area contributed by atoms with Crippen LogP contribution >= 0.6 is 34.5 Å². The summed E-state index contributed by atoms with van der Waals surface area (Å²) in [6, 6.07) is 10.6. The number of nitrogens with one attached hydrogen (secondary N) is 1. The van der Waals surface area contributed by atoms with Crippen LogP contribution < -0.4 is 5.32 Å². The molecule has 0 spiro atoms. The van der Waals surface area contributed by atoms with Gasteiger partial charge in [0.05, 0.1) is 27.9 Å². The summed E-state index contributed by atoms with van der Waals surface area (Å²) in [7, 11) is 0. The first-order valence-corrected chi connectivity index (χ1v) is 13.2. The fraction of sp³-hybridized carbons (Fsp3) is 0.231. The molecule has 1 N–H and O–H groups in total. The highest BCUT2D eigenvalue weighted by Gasteiger charge is 2.26. The van der Waals surface area contributed by atoms with E-state index in [1.807, 2.05) is 17.5 Å². The van der Waals surface area contributed by atoms with Crippen molar-refractivity contribution in [2.45, 2.75) is 18.8 Å². The lowest BCUT2D eigenvalue weighted by atomic mass is 9.97. The minimum Gasteiger partial charge on any atom is -0.465 e. The van der Waals surface area contributed by atoms with Gasteiger partial charge in [0.1, 0.15) is 17.1 Å². The molecule has 0 saturated carbocycles. The van der Waals surface area contributed by atoms with E-state index in [-0.39, 0.29) is 24.3 Å². The highest BCUT2D eigenvalue weighted by Crippen LogP contribution is 2.35. The van der Waals surface area contributed by atoms with Crippen LogP contribution in [-0.2, 0) is 9.59 Å². The van der Waals surface area contributed by atoms with Crippen molar-refractivity contribution in [3.05, 3.63) is 74.9 Å². The quantitative estimate of drug-likeness (QED) is 0.284. The summed E-state index contributed by atoms with van der Waals surface area (Å²) in [6.45, 7) is 1.18. The Morgan fingerprint density at radius 3 is 2.73 bits per heavy atom. The molecule has 0 radical (unpaired) electrons. The monoisotopic (exact) mass is 556 g/mol.